The Morgan fingerprint density at radius 2 is 1.60 bits per heavy atom. The van der Waals surface area contributed by atoms with E-state index in [9.17, 15) is 19.5 Å². The van der Waals surface area contributed by atoms with Gasteiger partial charge in [0.2, 0.25) is 5.91 Å². The molecule has 3 N–H and O–H groups in total. The van der Waals surface area contributed by atoms with Crippen molar-refractivity contribution >= 4 is 40.9 Å². The second-order valence-electron chi connectivity index (χ2n) is 15.6. The Labute approximate surface area is 300 Å². The third kappa shape index (κ3) is 8.20. The number of aliphatic carboxylic acids is 1. The van der Waals surface area contributed by atoms with Gasteiger partial charge in [0.15, 0.2) is 0 Å². The summed E-state index contributed by atoms with van der Waals surface area (Å²) < 4.78 is 0. The number of carboxylic acid groups (broad SMARTS) is 1. The molecule has 1 saturated carbocycles. The Kier molecular flexibility index (Phi) is 10.6. The third-order valence-corrected chi connectivity index (χ3v) is 12.1. The maximum atomic E-state index is 13.5. The highest BCUT2D eigenvalue weighted by atomic mass is 32.1. The fraction of sp³-hybridized carbons (Fsp3) is 0.463. The molecule has 2 fully saturated rings. The van der Waals surface area contributed by atoms with Crippen LogP contribution in [0.15, 0.2) is 71.9 Å². The van der Waals surface area contributed by atoms with Crippen LogP contribution in [0.25, 0.3) is 5.57 Å². The van der Waals surface area contributed by atoms with Crippen molar-refractivity contribution in [3.8, 4) is 0 Å². The Hall–Kier alpha value is -4.24. The van der Waals surface area contributed by atoms with E-state index in [1.807, 2.05) is 42.7 Å². The number of allylic oxidation sites excluding steroid dienone is 1. The van der Waals surface area contributed by atoms with Crippen molar-refractivity contribution in [2.75, 3.05) is 13.1 Å². The lowest BCUT2D eigenvalue weighted by atomic mass is 9.74. The number of carboxylic acids is 1. The maximum absolute atomic E-state index is 13.5. The van der Waals surface area contributed by atoms with Gasteiger partial charge in [-0.2, -0.15) is 0 Å². The smallest absolute Gasteiger partial charge is 0.310 e. The predicted octanol–water partition coefficient (Wildman–Crippen LogP) is 7.57. The van der Waals surface area contributed by atoms with Gasteiger partial charge < -0.3 is 20.6 Å². The molecule has 1 unspecified atom stereocenters. The number of rotatable bonds is 10. The van der Waals surface area contributed by atoms with Gasteiger partial charge in [-0.1, -0.05) is 83.1 Å². The Bertz CT molecular complexity index is 1740. The molecule has 0 radical (unpaired) electrons. The first-order valence-electron chi connectivity index (χ1n) is 18.0. The van der Waals surface area contributed by atoms with E-state index in [4.69, 9.17) is 4.99 Å². The van der Waals surface area contributed by atoms with E-state index in [1.165, 1.54) is 47.5 Å². The molecule has 1 saturated heterocycles. The minimum atomic E-state index is -0.910. The summed E-state index contributed by atoms with van der Waals surface area (Å²) in [6.45, 7) is 11.3. The average Bonchev–Trinajstić information content (AvgIpc) is 3.60. The Morgan fingerprint density at radius 3 is 2.16 bits per heavy atom. The molecule has 0 bridgehead atoms. The SMILES string of the molecule is CC(C)C1CCC(c2ccc(C3=CNC(c4ccc(C[C@H](NC(=O)c5ccc(C(C)(C)C)s5)C(=O)N5CC(C(=O)O)C5)cc4)N=C3)cc2)CC1. The molecule has 2 atom stereocenters. The monoisotopic (exact) mass is 694 g/mol. The lowest BCUT2D eigenvalue weighted by molar-refractivity contribution is -0.153. The number of carbonyl (C=O) groups is 3. The van der Waals surface area contributed by atoms with Crippen molar-refractivity contribution in [2.45, 2.75) is 90.3 Å². The van der Waals surface area contributed by atoms with E-state index in [0.717, 1.165) is 39.0 Å². The van der Waals surface area contributed by atoms with Crippen LogP contribution in [0.5, 0.6) is 0 Å². The van der Waals surface area contributed by atoms with Crippen LogP contribution in [-0.2, 0) is 21.4 Å². The number of hydrogen-bond donors (Lipinski definition) is 3. The quantitative estimate of drug-likeness (QED) is 0.203. The van der Waals surface area contributed by atoms with Crippen molar-refractivity contribution < 1.29 is 19.5 Å². The first-order chi connectivity index (χ1) is 23.9. The summed E-state index contributed by atoms with van der Waals surface area (Å²) >= 11 is 1.42. The second-order valence-corrected chi connectivity index (χ2v) is 16.7. The van der Waals surface area contributed by atoms with Crippen molar-refractivity contribution in [2.24, 2.45) is 22.7 Å². The van der Waals surface area contributed by atoms with Crippen LogP contribution in [-0.4, -0.2) is 53.1 Å². The molecule has 0 spiro atoms. The number of nitrogens with one attached hydrogen (secondary N) is 2. The van der Waals surface area contributed by atoms with Crippen LogP contribution < -0.4 is 10.6 Å². The number of nitrogens with zero attached hydrogens (tertiary/aromatic N) is 2. The van der Waals surface area contributed by atoms with Gasteiger partial charge in [0.1, 0.15) is 12.2 Å². The number of benzene rings is 2. The first kappa shape index (κ1) is 35.6. The topological polar surface area (TPSA) is 111 Å². The van der Waals surface area contributed by atoms with Gasteiger partial charge in [-0.3, -0.25) is 19.4 Å². The minimum absolute atomic E-state index is 0.0874. The number of hydrogen-bond acceptors (Lipinski definition) is 6. The van der Waals surface area contributed by atoms with E-state index in [2.05, 4.69) is 69.5 Å². The van der Waals surface area contributed by atoms with E-state index >= 15 is 0 Å². The van der Waals surface area contributed by atoms with Crippen LogP contribution in [0.3, 0.4) is 0 Å². The average molecular weight is 695 g/mol. The highest BCUT2D eigenvalue weighted by molar-refractivity contribution is 7.14. The molecule has 3 heterocycles. The number of likely N-dealkylation sites (tertiary alicyclic amines) is 1. The van der Waals surface area contributed by atoms with Crippen molar-refractivity contribution in [1.29, 1.82) is 0 Å². The summed E-state index contributed by atoms with van der Waals surface area (Å²) in [4.78, 5) is 46.1. The molecular weight excluding hydrogens is 645 g/mol. The first-order valence-corrected chi connectivity index (χ1v) is 18.8. The number of carbonyl (C=O) groups excluding carboxylic acids is 2. The molecule has 2 aromatic carbocycles. The molecule has 8 nitrogen and oxygen atoms in total. The Morgan fingerprint density at radius 1 is 0.940 bits per heavy atom. The van der Waals surface area contributed by atoms with Crippen LogP contribution in [0.4, 0.5) is 0 Å². The maximum Gasteiger partial charge on any atom is 0.310 e. The molecule has 3 aromatic rings. The molecule has 2 aliphatic heterocycles. The summed E-state index contributed by atoms with van der Waals surface area (Å²) in [6, 6.07) is 19.8. The molecule has 50 heavy (non-hydrogen) atoms. The molecule has 6 rings (SSSR count). The number of amides is 2. The van der Waals surface area contributed by atoms with Crippen molar-refractivity contribution in [3.05, 3.63) is 98.9 Å². The lowest BCUT2D eigenvalue weighted by Gasteiger charge is -2.38. The van der Waals surface area contributed by atoms with Gasteiger partial charge in [0.25, 0.3) is 5.91 Å². The van der Waals surface area contributed by atoms with Crippen LogP contribution in [0, 0.1) is 17.8 Å². The van der Waals surface area contributed by atoms with E-state index in [-0.39, 0.29) is 42.9 Å². The van der Waals surface area contributed by atoms with Gasteiger partial charge >= 0.3 is 5.97 Å². The molecule has 1 aliphatic carbocycles. The Balaban J connectivity index is 1.07. The third-order valence-electron chi connectivity index (χ3n) is 10.6. The van der Waals surface area contributed by atoms with Crippen molar-refractivity contribution in [1.82, 2.24) is 15.5 Å². The van der Waals surface area contributed by atoms with Gasteiger partial charge in [-0.05, 0) is 83.2 Å². The van der Waals surface area contributed by atoms with Crippen molar-refractivity contribution in [3.63, 3.8) is 0 Å². The summed E-state index contributed by atoms with van der Waals surface area (Å²) in [5, 5.41) is 15.7. The zero-order valence-corrected chi connectivity index (χ0v) is 30.6. The second kappa shape index (κ2) is 14.9. The normalized spacial score (nSPS) is 21.6. The summed E-state index contributed by atoms with van der Waals surface area (Å²) in [5.74, 6) is 0.245. The lowest BCUT2D eigenvalue weighted by Crippen LogP contribution is -2.59. The van der Waals surface area contributed by atoms with Crippen LogP contribution in [0.2, 0.25) is 0 Å². The summed E-state index contributed by atoms with van der Waals surface area (Å²) in [7, 11) is 0. The zero-order chi connectivity index (χ0) is 35.6. The molecule has 2 amide bonds. The fourth-order valence-electron chi connectivity index (χ4n) is 7.21. The largest absolute Gasteiger partial charge is 0.481 e. The van der Waals surface area contributed by atoms with Gasteiger partial charge in [0.05, 0.1) is 10.8 Å². The predicted molar refractivity (Wildman–Crippen MR) is 200 cm³/mol. The molecule has 264 valence electrons. The van der Waals surface area contributed by atoms with E-state index in [1.54, 1.807) is 6.07 Å². The fourth-order valence-corrected chi connectivity index (χ4v) is 8.18. The molecule has 9 heteroatoms. The van der Waals surface area contributed by atoms with Crippen LogP contribution in [0.1, 0.15) is 109 Å². The highest BCUT2D eigenvalue weighted by Crippen LogP contribution is 2.39. The number of aliphatic imine (C=N–C) groups is 1. The van der Waals surface area contributed by atoms with E-state index in [0.29, 0.717) is 10.8 Å². The van der Waals surface area contributed by atoms with Gasteiger partial charge in [-0.15, -0.1) is 11.3 Å². The standard InChI is InChI=1S/C41H50N4O4S/c1-25(2)27-10-12-28(13-11-27)29-14-16-30(17-15-29)32-21-42-37(43-22-32)31-8-6-26(7-9-31)20-34(39(47)45-23-33(24-45)40(48)49)44-38(46)35-18-19-36(50-35)41(3,4)5/h6-9,14-19,21-22,25,27-28,33-34,37,42H,10-13,20,23-24H2,1-5H3,(H,44,46)(H,48,49)/t27?,28?,34-,37?/m0/s1. The van der Waals surface area contributed by atoms with E-state index < -0.39 is 17.9 Å². The minimum Gasteiger partial charge on any atom is -0.481 e. The van der Waals surface area contributed by atoms with Gasteiger partial charge in [-0.25, -0.2) is 0 Å². The van der Waals surface area contributed by atoms with Gasteiger partial charge in [0, 0.05) is 42.4 Å². The molecular formula is C41H50N4O4S. The summed E-state index contributed by atoms with van der Waals surface area (Å²) in [5.41, 5.74) is 5.41. The zero-order valence-electron chi connectivity index (χ0n) is 29.8. The summed E-state index contributed by atoms with van der Waals surface area (Å²) in [6.07, 6.45) is 9.21. The molecule has 3 aliphatic rings. The molecule has 1 aromatic heterocycles. The highest BCUT2D eigenvalue weighted by Gasteiger charge is 2.39. The number of thiophene rings is 1. The van der Waals surface area contributed by atoms with Crippen LogP contribution >= 0.6 is 11.3 Å².